The second-order valence-corrected chi connectivity index (χ2v) is 10.9. The van der Waals surface area contributed by atoms with Gasteiger partial charge in [0.05, 0.1) is 16.3 Å². The van der Waals surface area contributed by atoms with E-state index in [1.54, 1.807) is 60.7 Å². The molecule has 37 heavy (non-hydrogen) atoms. The number of sulfonamides is 1. The van der Waals surface area contributed by atoms with Crippen LogP contribution in [0.2, 0.25) is 0 Å². The molecule has 1 unspecified atom stereocenters. The van der Waals surface area contributed by atoms with Crippen LogP contribution < -0.4 is 19.4 Å². The molecule has 0 saturated carbocycles. The predicted octanol–water partition coefficient (Wildman–Crippen LogP) is 6.01. The molecule has 1 atom stereocenters. The normalized spacial score (nSPS) is 14.8. The molecule has 0 bridgehead atoms. The van der Waals surface area contributed by atoms with Crippen molar-refractivity contribution in [1.82, 2.24) is 0 Å². The topological polar surface area (TPSA) is 73.0 Å². The number of nitrogens with zero attached hydrogens (tertiary/aromatic N) is 3. The molecule has 188 valence electrons. The van der Waals surface area contributed by atoms with Crippen LogP contribution in [0.4, 0.5) is 27.5 Å². The quantitative estimate of drug-likeness (QED) is 0.356. The Labute approximate surface area is 217 Å². The van der Waals surface area contributed by atoms with Gasteiger partial charge in [0.25, 0.3) is 10.0 Å². The Morgan fingerprint density at radius 2 is 1.38 bits per heavy atom. The first-order chi connectivity index (χ1) is 17.8. The van der Waals surface area contributed by atoms with Gasteiger partial charge in [0.15, 0.2) is 6.17 Å². The van der Waals surface area contributed by atoms with Gasteiger partial charge >= 0.3 is 6.03 Å². The molecule has 7 nitrogen and oxygen atoms in total. The van der Waals surface area contributed by atoms with E-state index in [0.29, 0.717) is 22.6 Å². The number of carbonyl (C=O) groups is 1. The molecular weight excluding hydrogens is 484 g/mol. The van der Waals surface area contributed by atoms with Gasteiger partial charge < -0.3 is 10.2 Å². The molecule has 5 rings (SSSR count). The van der Waals surface area contributed by atoms with Crippen LogP contribution in [0, 0.1) is 6.92 Å². The van der Waals surface area contributed by atoms with Crippen molar-refractivity contribution in [1.29, 1.82) is 0 Å². The molecule has 0 spiro atoms. The smallest absolute Gasteiger partial charge is 0.328 e. The predicted molar refractivity (Wildman–Crippen MR) is 149 cm³/mol. The van der Waals surface area contributed by atoms with E-state index in [9.17, 15) is 13.2 Å². The second kappa shape index (κ2) is 9.63. The van der Waals surface area contributed by atoms with E-state index >= 15 is 0 Å². The van der Waals surface area contributed by atoms with E-state index in [1.165, 1.54) is 9.21 Å². The van der Waals surface area contributed by atoms with Gasteiger partial charge in [-0.1, -0.05) is 60.2 Å². The highest BCUT2D eigenvalue weighted by molar-refractivity contribution is 7.92. The molecule has 4 aromatic rings. The van der Waals surface area contributed by atoms with Crippen LogP contribution >= 0.6 is 0 Å². The number of nitrogens with one attached hydrogen (secondary N) is 1. The number of fused-ring (bicyclic) bond motifs is 1. The molecule has 1 aliphatic rings. The molecule has 1 heterocycles. The maximum Gasteiger partial charge on any atom is 0.328 e. The number of aryl methyl sites for hydroxylation is 1. The summed E-state index contributed by atoms with van der Waals surface area (Å²) in [7, 11) is -0.153. The summed E-state index contributed by atoms with van der Waals surface area (Å²) in [5, 5.41) is 2.93. The van der Waals surface area contributed by atoms with Crippen LogP contribution in [-0.2, 0) is 10.0 Å². The summed E-state index contributed by atoms with van der Waals surface area (Å²) in [5.41, 5.74) is 4.15. The summed E-state index contributed by atoms with van der Waals surface area (Å²) in [6.45, 7) is 1.91. The highest BCUT2D eigenvalue weighted by atomic mass is 32.2. The van der Waals surface area contributed by atoms with Gasteiger partial charge in [-0.3, -0.25) is 4.90 Å². The fourth-order valence-electron chi connectivity index (χ4n) is 4.46. The highest BCUT2D eigenvalue weighted by Crippen LogP contribution is 2.49. The van der Waals surface area contributed by atoms with Gasteiger partial charge in [0.1, 0.15) is 0 Å². The second-order valence-electron chi connectivity index (χ2n) is 9.13. The van der Waals surface area contributed by atoms with Crippen LogP contribution in [0.15, 0.2) is 108 Å². The summed E-state index contributed by atoms with van der Waals surface area (Å²) < 4.78 is 29.7. The Hall–Kier alpha value is -4.30. The largest absolute Gasteiger partial charge is 0.378 e. The van der Waals surface area contributed by atoms with Crippen molar-refractivity contribution in [2.45, 2.75) is 18.0 Å². The van der Waals surface area contributed by atoms with Crippen LogP contribution in [0.5, 0.6) is 0 Å². The average Bonchev–Trinajstić information content (AvgIpc) is 3.26. The molecule has 0 saturated heterocycles. The van der Waals surface area contributed by atoms with Gasteiger partial charge in [-0.2, -0.15) is 0 Å². The summed E-state index contributed by atoms with van der Waals surface area (Å²) >= 11 is 0. The van der Waals surface area contributed by atoms with Crippen molar-refractivity contribution < 1.29 is 13.2 Å². The third kappa shape index (κ3) is 4.51. The monoisotopic (exact) mass is 512 g/mol. The van der Waals surface area contributed by atoms with Crippen molar-refractivity contribution in [3.8, 4) is 0 Å². The maximum atomic E-state index is 14.2. The lowest BCUT2D eigenvalue weighted by molar-refractivity contribution is 0.255. The Balaban J connectivity index is 1.68. The minimum atomic E-state index is -4.03. The molecule has 0 fully saturated rings. The number of rotatable bonds is 5. The fourth-order valence-corrected chi connectivity index (χ4v) is 6.06. The van der Waals surface area contributed by atoms with Gasteiger partial charge in [0, 0.05) is 25.5 Å². The minimum absolute atomic E-state index is 0.160. The molecule has 0 aliphatic carbocycles. The molecule has 1 N–H and O–H groups in total. The lowest BCUT2D eigenvalue weighted by Crippen LogP contribution is -2.43. The lowest BCUT2D eigenvalue weighted by Gasteiger charge is -2.32. The van der Waals surface area contributed by atoms with Crippen molar-refractivity contribution in [2.75, 3.05) is 33.5 Å². The number of urea groups is 1. The Kier molecular flexibility index (Phi) is 6.35. The number of amides is 2. The Morgan fingerprint density at radius 1 is 0.784 bits per heavy atom. The van der Waals surface area contributed by atoms with Crippen molar-refractivity contribution in [2.24, 2.45) is 0 Å². The van der Waals surface area contributed by atoms with E-state index in [4.69, 9.17) is 0 Å². The molecule has 0 radical (unpaired) electrons. The molecule has 4 aromatic carbocycles. The molecule has 8 heteroatoms. The Bertz CT molecular complexity index is 1520. The van der Waals surface area contributed by atoms with Crippen LogP contribution in [-0.4, -0.2) is 28.5 Å². The van der Waals surface area contributed by atoms with Crippen molar-refractivity contribution in [3.63, 3.8) is 0 Å². The first-order valence-corrected chi connectivity index (χ1v) is 13.3. The SMILES string of the molecule is Cc1ccc(S(=O)(=O)N2c3ccccc3N(C(=O)Nc3ccccc3)C2c2ccc(N(C)C)cc2)cc1. The van der Waals surface area contributed by atoms with E-state index in [2.05, 4.69) is 5.32 Å². The fraction of sp³-hybridized carbons (Fsp3) is 0.138. The Morgan fingerprint density at radius 3 is 2.00 bits per heavy atom. The van der Waals surface area contributed by atoms with Crippen molar-refractivity contribution in [3.05, 3.63) is 114 Å². The van der Waals surface area contributed by atoms with Crippen LogP contribution in [0.3, 0.4) is 0 Å². The number of hydrogen-bond acceptors (Lipinski definition) is 4. The third-order valence-corrected chi connectivity index (χ3v) is 8.16. The number of carbonyl (C=O) groups excluding carboxylic acids is 1. The molecule has 2 amide bonds. The van der Waals surface area contributed by atoms with Crippen LogP contribution in [0.25, 0.3) is 0 Å². The highest BCUT2D eigenvalue weighted by Gasteiger charge is 2.46. The number of hydrogen-bond donors (Lipinski definition) is 1. The van der Waals surface area contributed by atoms with E-state index in [0.717, 1.165) is 11.3 Å². The zero-order chi connectivity index (χ0) is 26.2. The summed E-state index contributed by atoms with van der Waals surface area (Å²) in [4.78, 5) is 17.4. The first kappa shape index (κ1) is 24.4. The molecular formula is C29H28N4O3S. The van der Waals surface area contributed by atoms with Gasteiger partial charge in [-0.05, 0) is 61.0 Å². The van der Waals surface area contributed by atoms with E-state index in [1.807, 2.05) is 68.4 Å². The van der Waals surface area contributed by atoms with E-state index < -0.39 is 22.2 Å². The third-order valence-electron chi connectivity index (χ3n) is 6.37. The number of anilines is 4. The lowest BCUT2D eigenvalue weighted by atomic mass is 10.1. The van der Waals surface area contributed by atoms with Crippen molar-refractivity contribution >= 4 is 38.8 Å². The van der Waals surface area contributed by atoms with Gasteiger partial charge in [0.2, 0.25) is 0 Å². The standard InChI is InChI=1S/C29H28N4O3S/c1-21-13-19-25(20-14-21)37(35,36)33-27-12-8-7-11-26(27)32(29(34)30-23-9-5-4-6-10-23)28(33)22-15-17-24(18-16-22)31(2)3/h4-20,28H,1-3H3,(H,30,34). The average molecular weight is 513 g/mol. The number of benzene rings is 4. The molecule has 0 aromatic heterocycles. The van der Waals surface area contributed by atoms with Gasteiger partial charge in [-0.15, -0.1) is 0 Å². The zero-order valence-electron chi connectivity index (χ0n) is 20.9. The summed E-state index contributed by atoms with van der Waals surface area (Å²) in [6, 6.07) is 30.1. The maximum absolute atomic E-state index is 14.2. The summed E-state index contributed by atoms with van der Waals surface area (Å²) in [6.07, 6.45) is -0.927. The first-order valence-electron chi connectivity index (χ1n) is 11.9. The van der Waals surface area contributed by atoms with Crippen LogP contribution in [0.1, 0.15) is 17.3 Å². The number of para-hydroxylation sites is 3. The summed E-state index contributed by atoms with van der Waals surface area (Å²) in [5.74, 6) is 0. The minimum Gasteiger partial charge on any atom is -0.378 e. The molecule has 1 aliphatic heterocycles. The van der Waals surface area contributed by atoms with Gasteiger partial charge in [-0.25, -0.2) is 17.5 Å². The zero-order valence-corrected chi connectivity index (χ0v) is 21.7. The van der Waals surface area contributed by atoms with E-state index in [-0.39, 0.29) is 4.90 Å².